The molecule has 0 fully saturated rings. The number of aromatic amines is 1. The molecule has 0 bridgehead atoms. The number of aromatic nitrogens is 2. The highest BCUT2D eigenvalue weighted by atomic mass is 32.2. The summed E-state index contributed by atoms with van der Waals surface area (Å²) in [7, 11) is 0. The van der Waals surface area contributed by atoms with Gasteiger partial charge in [-0.25, -0.2) is 4.98 Å². The van der Waals surface area contributed by atoms with Crippen molar-refractivity contribution >= 4 is 34.9 Å². The summed E-state index contributed by atoms with van der Waals surface area (Å²) in [6.07, 6.45) is 0.331. The number of rotatable bonds is 2. The predicted octanol–water partition coefficient (Wildman–Crippen LogP) is 0.580. The van der Waals surface area contributed by atoms with Crippen molar-refractivity contribution in [3.05, 3.63) is 34.1 Å². The van der Waals surface area contributed by atoms with E-state index in [1.807, 2.05) is 0 Å². The first-order valence-corrected chi connectivity index (χ1v) is 6.60. The second-order valence-corrected chi connectivity index (χ2v) is 5.38. The summed E-state index contributed by atoms with van der Waals surface area (Å²) in [4.78, 5) is 30.0. The monoisotopic (exact) mass is 289 g/mol. The van der Waals surface area contributed by atoms with Gasteiger partial charge in [0.25, 0.3) is 5.56 Å². The predicted molar refractivity (Wildman–Crippen MR) is 76.6 cm³/mol. The van der Waals surface area contributed by atoms with Crippen LogP contribution in [0.1, 0.15) is 5.56 Å². The third-order valence-electron chi connectivity index (χ3n) is 2.81. The summed E-state index contributed by atoms with van der Waals surface area (Å²) in [5, 5.41) is 3.10. The van der Waals surface area contributed by atoms with Gasteiger partial charge < -0.3 is 21.8 Å². The summed E-state index contributed by atoms with van der Waals surface area (Å²) < 4.78 is 0. The number of benzene rings is 1. The van der Waals surface area contributed by atoms with Gasteiger partial charge in [0.05, 0.1) is 6.42 Å². The Balaban J connectivity index is 1.97. The number of carbonyl (C=O) groups excluding carboxylic acids is 1. The van der Waals surface area contributed by atoms with Gasteiger partial charge in [-0.05, 0) is 29.5 Å². The van der Waals surface area contributed by atoms with Crippen LogP contribution in [-0.2, 0) is 11.2 Å². The molecule has 1 aliphatic heterocycles. The number of carbonyl (C=O) groups is 1. The number of hydrogen-bond donors (Lipinski definition) is 4. The Kier molecular flexibility index (Phi) is 2.87. The number of amides is 1. The van der Waals surface area contributed by atoms with E-state index in [1.54, 1.807) is 12.1 Å². The SMILES string of the molecule is Nc1cc(=O)[nH]c(Sc2cc3c(cc2N)CC(=O)N3)n1. The van der Waals surface area contributed by atoms with Crippen molar-refractivity contribution in [1.82, 2.24) is 9.97 Å². The molecule has 1 aromatic heterocycles. The van der Waals surface area contributed by atoms with Crippen LogP contribution < -0.4 is 22.3 Å². The molecular weight excluding hydrogens is 278 g/mol. The third-order valence-corrected chi connectivity index (χ3v) is 3.77. The van der Waals surface area contributed by atoms with Gasteiger partial charge in [-0.1, -0.05) is 0 Å². The van der Waals surface area contributed by atoms with Crippen molar-refractivity contribution < 1.29 is 4.79 Å². The molecule has 7 nitrogen and oxygen atoms in total. The Morgan fingerprint density at radius 3 is 2.75 bits per heavy atom. The Labute approximate surface area is 117 Å². The van der Waals surface area contributed by atoms with E-state index in [-0.39, 0.29) is 17.3 Å². The summed E-state index contributed by atoms with van der Waals surface area (Å²) in [6.45, 7) is 0. The highest BCUT2D eigenvalue weighted by Crippen LogP contribution is 2.36. The lowest BCUT2D eigenvalue weighted by Crippen LogP contribution is -2.09. The number of nitrogen functional groups attached to an aromatic ring is 2. The topological polar surface area (TPSA) is 127 Å². The van der Waals surface area contributed by atoms with Gasteiger partial charge in [0.2, 0.25) is 5.91 Å². The maximum absolute atomic E-state index is 11.3. The minimum absolute atomic E-state index is 0.0583. The quantitative estimate of drug-likeness (QED) is 0.473. The first-order valence-electron chi connectivity index (χ1n) is 5.78. The summed E-state index contributed by atoms with van der Waals surface area (Å²) in [6, 6.07) is 4.72. The summed E-state index contributed by atoms with van der Waals surface area (Å²) >= 11 is 1.19. The zero-order valence-corrected chi connectivity index (χ0v) is 11.1. The van der Waals surface area contributed by atoms with E-state index in [0.29, 0.717) is 22.2 Å². The Morgan fingerprint density at radius 2 is 2.00 bits per heavy atom. The molecule has 3 rings (SSSR count). The smallest absolute Gasteiger partial charge is 0.253 e. The molecule has 0 atom stereocenters. The molecule has 0 saturated carbocycles. The lowest BCUT2D eigenvalue weighted by Gasteiger charge is -2.08. The molecule has 0 saturated heterocycles. The molecule has 1 aliphatic rings. The Bertz CT molecular complexity index is 771. The third kappa shape index (κ3) is 2.32. The van der Waals surface area contributed by atoms with Gasteiger partial charge in [0.1, 0.15) is 5.82 Å². The van der Waals surface area contributed by atoms with Crippen molar-refractivity contribution in [2.24, 2.45) is 0 Å². The van der Waals surface area contributed by atoms with Gasteiger partial charge in [-0.15, -0.1) is 0 Å². The second-order valence-electron chi connectivity index (χ2n) is 4.35. The molecule has 8 heteroatoms. The average molecular weight is 289 g/mol. The number of nitrogens with zero attached hydrogens (tertiary/aromatic N) is 1. The standard InChI is InChI=1S/C12H11N5O2S/c13-6-1-5-2-10(18)15-7(5)3-8(6)20-12-16-9(14)4-11(19)17-12/h1,3-4H,2,13H2,(H,15,18)(H3,14,16,17,19). The van der Waals surface area contributed by atoms with E-state index < -0.39 is 0 Å². The van der Waals surface area contributed by atoms with Crippen LogP contribution in [0, 0.1) is 0 Å². The zero-order chi connectivity index (χ0) is 14.3. The van der Waals surface area contributed by atoms with E-state index in [9.17, 15) is 9.59 Å². The number of hydrogen-bond acceptors (Lipinski definition) is 6. The van der Waals surface area contributed by atoms with Gasteiger partial charge in [-0.3, -0.25) is 9.59 Å². The van der Waals surface area contributed by atoms with E-state index in [0.717, 1.165) is 11.3 Å². The van der Waals surface area contributed by atoms with Crippen molar-refractivity contribution in [3.8, 4) is 0 Å². The van der Waals surface area contributed by atoms with Crippen LogP contribution in [-0.4, -0.2) is 15.9 Å². The number of fused-ring (bicyclic) bond motifs is 1. The van der Waals surface area contributed by atoms with E-state index in [1.165, 1.54) is 17.8 Å². The van der Waals surface area contributed by atoms with Gasteiger partial charge >= 0.3 is 0 Å². The lowest BCUT2D eigenvalue weighted by atomic mass is 10.1. The van der Waals surface area contributed by atoms with Crippen LogP contribution in [0.4, 0.5) is 17.2 Å². The largest absolute Gasteiger partial charge is 0.398 e. The van der Waals surface area contributed by atoms with Crippen molar-refractivity contribution in [1.29, 1.82) is 0 Å². The first kappa shape index (κ1) is 12.5. The highest BCUT2D eigenvalue weighted by molar-refractivity contribution is 7.99. The van der Waals surface area contributed by atoms with Crippen LogP contribution in [0.3, 0.4) is 0 Å². The molecule has 0 spiro atoms. The normalized spacial score (nSPS) is 13.1. The maximum Gasteiger partial charge on any atom is 0.253 e. The molecular formula is C12H11N5O2S. The Hall–Kier alpha value is -2.48. The van der Waals surface area contributed by atoms with Crippen molar-refractivity contribution in [2.75, 3.05) is 16.8 Å². The molecule has 1 aromatic carbocycles. The van der Waals surface area contributed by atoms with Gasteiger partial charge in [-0.2, -0.15) is 0 Å². The molecule has 0 aliphatic carbocycles. The molecule has 1 amide bonds. The number of H-pyrrole nitrogens is 1. The molecule has 6 N–H and O–H groups in total. The van der Waals surface area contributed by atoms with Gasteiger partial charge in [0.15, 0.2) is 5.16 Å². The summed E-state index contributed by atoms with van der Waals surface area (Å²) in [5.74, 6) is 0.0846. The van der Waals surface area contributed by atoms with Crippen molar-refractivity contribution in [2.45, 2.75) is 16.5 Å². The molecule has 0 radical (unpaired) electrons. The zero-order valence-electron chi connectivity index (χ0n) is 10.3. The Morgan fingerprint density at radius 1 is 1.20 bits per heavy atom. The molecule has 20 heavy (non-hydrogen) atoms. The molecule has 0 unspecified atom stereocenters. The highest BCUT2D eigenvalue weighted by Gasteiger charge is 2.19. The first-order chi connectivity index (χ1) is 9.51. The second kappa shape index (κ2) is 4.57. The maximum atomic E-state index is 11.3. The van der Waals surface area contributed by atoms with Crippen LogP contribution in [0.25, 0.3) is 0 Å². The fourth-order valence-electron chi connectivity index (χ4n) is 1.97. The number of nitrogens with two attached hydrogens (primary N) is 2. The minimum Gasteiger partial charge on any atom is -0.398 e. The lowest BCUT2D eigenvalue weighted by molar-refractivity contribution is -0.115. The molecule has 2 aromatic rings. The van der Waals surface area contributed by atoms with Crippen LogP contribution >= 0.6 is 11.8 Å². The number of nitrogens with one attached hydrogen (secondary N) is 2. The van der Waals surface area contributed by atoms with Crippen molar-refractivity contribution in [3.63, 3.8) is 0 Å². The summed E-state index contributed by atoms with van der Waals surface area (Å²) in [5.41, 5.74) is 13.3. The van der Waals surface area contributed by atoms with Crippen LogP contribution in [0.15, 0.2) is 33.0 Å². The van der Waals surface area contributed by atoms with E-state index in [2.05, 4.69) is 15.3 Å². The fourth-order valence-corrected chi connectivity index (χ4v) is 2.83. The average Bonchev–Trinajstić information content (AvgIpc) is 2.67. The van der Waals surface area contributed by atoms with Crippen LogP contribution in [0.2, 0.25) is 0 Å². The minimum atomic E-state index is -0.326. The van der Waals surface area contributed by atoms with E-state index in [4.69, 9.17) is 11.5 Å². The van der Waals surface area contributed by atoms with E-state index >= 15 is 0 Å². The van der Waals surface area contributed by atoms with Gasteiger partial charge in [0, 0.05) is 22.3 Å². The fraction of sp³-hybridized carbons (Fsp3) is 0.0833. The van der Waals surface area contributed by atoms with Crippen LogP contribution in [0.5, 0.6) is 0 Å². The number of anilines is 3. The molecule has 2 heterocycles. The molecule has 102 valence electrons.